The van der Waals surface area contributed by atoms with Crippen LogP contribution in [0.15, 0.2) is 34.0 Å². The van der Waals surface area contributed by atoms with E-state index in [-0.39, 0.29) is 18.0 Å². The van der Waals surface area contributed by atoms with Crippen LogP contribution < -0.4 is 5.56 Å². The largest absolute Gasteiger partial charge is 0.451 e. The summed E-state index contributed by atoms with van der Waals surface area (Å²) >= 11 is 2.92. The fraction of sp³-hybridized carbons (Fsp3) is 0.294. The van der Waals surface area contributed by atoms with Gasteiger partial charge >= 0.3 is 5.97 Å². The Hall–Kier alpha value is -2.52. The molecule has 3 rings (SSSR count). The number of esters is 1. The van der Waals surface area contributed by atoms with Crippen LogP contribution in [0.1, 0.15) is 6.92 Å². The van der Waals surface area contributed by atoms with Crippen molar-refractivity contribution < 1.29 is 14.3 Å². The molecule has 0 saturated carbocycles. The minimum Gasteiger partial charge on any atom is -0.451 e. The minimum absolute atomic E-state index is 0.299. The second-order valence-corrected chi connectivity index (χ2v) is 7.66. The Morgan fingerprint density at radius 3 is 2.77 bits per heavy atom. The van der Waals surface area contributed by atoms with Crippen molar-refractivity contribution in [3.8, 4) is 10.4 Å². The number of rotatable bonds is 5. The van der Waals surface area contributed by atoms with Crippen molar-refractivity contribution in [1.29, 1.82) is 0 Å². The number of nitrogens with zero attached hydrogens (tertiary/aromatic N) is 3. The summed E-state index contributed by atoms with van der Waals surface area (Å²) in [5.41, 5.74) is 0.513. The van der Waals surface area contributed by atoms with Crippen LogP contribution in [0.25, 0.3) is 20.7 Å². The molecule has 3 aromatic rings. The highest BCUT2D eigenvalue weighted by Gasteiger charge is 2.21. The van der Waals surface area contributed by atoms with Gasteiger partial charge in [-0.1, -0.05) is 6.07 Å². The van der Waals surface area contributed by atoms with Gasteiger partial charge in [0.25, 0.3) is 11.5 Å². The summed E-state index contributed by atoms with van der Waals surface area (Å²) in [6.07, 6.45) is 0.423. The average molecular weight is 391 g/mol. The van der Waals surface area contributed by atoms with Crippen LogP contribution in [0.3, 0.4) is 0 Å². The zero-order chi connectivity index (χ0) is 18.8. The van der Waals surface area contributed by atoms with Gasteiger partial charge in [0.05, 0.1) is 11.7 Å². The van der Waals surface area contributed by atoms with E-state index in [9.17, 15) is 14.4 Å². The van der Waals surface area contributed by atoms with Gasteiger partial charge in [0.2, 0.25) is 0 Å². The van der Waals surface area contributed by atoms with Crippen LogP contribution in [0.5, 0.6) is 0 Å². The molecule has 0 radical (unpaired) electrons. The molecule has 0 aromatic carbocycles. The van der Waals surface area contributed by atoms with Crippen LogP contribution in [-0.2, 0) is 20.9 Å². The second-order valence-electron chi connectivity index (χ2n) is 5.85. The molecule has 0 saturated heterocycles. The van der Waals surface area contributed by atoms with Crippen molar-refractivity contribution in [2.24, 2.45) is 0 Å². The van der Waals surface area contributed by atoms with Crippen molar-refractivity contribution in [2.75, 3.05) is 14.1 Å². The normalized spacial score (nSPS) is 12.1. The van der Waals surface area contributed by atoms with Crippen molar-refractivity contribution in [3.63, 3.8) is 0 Å². The number of thiophene rings is 2. The van der Waals surface area contributed by atoms with Crippen molar-refractivity contribution in [3.05, 3.63) is 39.6 Å². The lowest BCUT2D eigenvalue weighted by Crippen LogP contribution is -2.36. The molecule has 7 nitrogen and oxygen atoms in total. The van der Waals surface area contributed by atoms with E-state index >= 15 is 0 Å². The SMILES string of the molecule is C[C@H](OC(=O)Cn1cnc2scc(-c3cccs3)c2c1=O)C(=O)N(C)C. The van der Waals surface area contributed by atoms with Crippen molar-refractivity contribution >= 4 is 44.8 Å². The summed E-state index contributed by atoms with van der Waals surface area (Å²) < 4.78 is 6.33. The Labute approximate surface area is 157 Å². The molecule has 0 fully saturated rings. The number of likely N-dealkylation sites (N-methyl/N-ethyl adjacent to an activating group) is 1. The Balaban J connectivity index is 1.86. The fourth-order valence-corrected chi connectivity index (χ4v) is 4.20. The lowest BCUT2D eigenvalue weighted by atomic mass is 10.2. The van der Waals surface area contributed by atoms with E-state index in [1.807, 2.05) is 22.9 Å². The maximum Gasteiger partial charge on any atom is 0.326 e. The molecule has 9 heteroatoms. The van der Waals surface area contributed by atoms with Gasteiger partial charge < -0.3 is 9.64 Å². The Kier molecular flexibility index (Phi) is 5.19. The third-order valence-electron chi connectivity index (χ3n) is 3.74. The summed E-state index contributed by atoms with van der Waals surface area (Å²) in [5.74, 6) is -0.985. The molecule has 26 heavy (non-hydrogen) atoms. The van der Waals surface area contributed by atoms with Gasteiger partial charge in [-0.2, -0.15) is 0 Å². The van der Waals surface area contributed by atoms with Gasteiger partial charge in [-0.05, 0) is 18.4 Å². The number of carbonyl (C=O) groups is 2. The predicted molar refractivity (Wildman–Crippen MR) is 101 cm³/mol. The van der Waals surface area contributed by atoms with Gasteiger partial charge in [0.15, 0.2) is 6.10 Å². The molecule has 0 aliphatic carbocycles. The zero-order valence-electron chi connectivity index (χ0n) is 14.5. The molecule has 1 amide bonds. The fourth-order valence-electron chi connectivity index (χ4n) is 2.48. The molecule has 1 atom stereocenters. The summed E-state index contributed by atoms with van der Waals surface area (Å²) in [7, 11) is 3.16. The van der Waals surface area contributed by atoms with Gasteiger partial charge in [-0.15, -0.1) is 22.7 Å². The third-order valence-corrected chi connectivity index (χ3v) is 5.53. The summed E-state index contributed by atoms with van der Waals surface area (Å²) in [6, 6.07) is 3.85. The van der Waals surface area contributed by atoms with Crippen LogP contribution in [-0.4, -0.2) is 46.5 Å². The van der Waals surface area contributed by atoms with E-state index < -0.39 is 12.1 Å². The van der Waals surface area contributed by atoms with Crippen LogP contribution in [0.2, 0.25) is 0 Å². The van der Waals surface area contributed by atoms with E-state index in [0.717, 1.165) is 10.4 Å². The molecule has 0 N–H and O–H groups in total. The predicted octanol–water partition coefficient (Wildman–Crippen LogP) is 2.21. The number of hydrogen-bond donors (Lipinski definition) is 0. The maximum absolute atomic E-state index is 12.8. The zero-order valence-corrected chi connectivity index (χ0v) is 16.1. The smallest absolute Gasteiger partial charge is 0.326 e. The highest BCUT2D eigenvalue weighted by atomic mass is 32.1. The topological polar surface area (TPSA) is 81.5 Å². The maximum atomic E-state index is 12.8. The number of fused-ring (bicyclic) bond motifs is 1. The number of aromatic nitrogens is 2. The van der Waals surface area contributed by atoms with Crippen LogP contribution >= 0.6 is 22.7 Å². The third kappa shape index (κ3) is 3.54. The highest BCUT2D eigenvalue weighted by molar-refractivity contribution is 7.18. The van der Waals surface area contributed by atoms with E-state index in [2.05, 4.69) is 4.98 Å². The molecular weight excluding hydrogens is 374 g/mol. The number of hydrogen-bond acceptors (Lipinski definition) is 7. The van der Waals surface area contributed by atoms with Crippen LogP contribution in [0, 0.1) is 0 Å². The second kappa shape index (κ2) is 7.38. The number of carbonyl (C=O) groups excluding carboxylic acids is 2. The minimum atomic E-state index is -0.910. The Bertz CT molecular complexity index is 1000. The van der Waals surface area contributed by atoms with E-state index in [4.69, 9.17) is 4.74 Å². The van der Waals surface area contributed by atoms with E-state index in [0.29, 0.717) is 10.2 Å². The van der Waals surface area contributed by atoms with Gasteiger partial charge in [-0.3, -0.25) is 19.0 Å². The first-order valence-electron chi connectivity index (χ1n) is 7.79. The summed E-state index contributed by atoms with van der Waals surface area (Å²) in [5, 5.41) is 4.32. The Morgan fingerprint density at radius 1 is 1.35 bits per heavy atom. The number of ether oxygens (including phenoxy) is 1. The van der Waals surface area contributed by atoms with Crippen LogP contribution in [0.4, 0.5) is 0 Å². The molecular formula is C17H17N3O4S2. The lowest BCUT2D eigenvalue weighted by Gasteiger charge is -2.17. The molecule has 3 heterocycles. The average Bonchev–Trinajstić information content (AvgIpc) is 3.25. The first-order chi connectivity index (χ1) is 12.4. The first kappa shape index (κ1) is 18.3. The monoisotopic (exact) mass is 391 g/mol. The molecule has 0 aliphatic heterocycles. The lowest BCUT2D eigenvalue weighted by molar-refractivity contribution is -0.158. The summed E-state index contributed by atoms with van der Waals surface area (Å²) in [4.78, 5) is 43.9. The Morgan fingerprint density at radius 2 is 2.12 bits per heavy atom. The molecule has 136 valence electrons. The first-order valence-corrected chi connectivity index (χ1v) is 9.55. The highest BCUT2D eigenvalue weighted by Crippen LogP contribution is 2.33. The summed E-state index contributed by atoms with van der Waals surface area (Å²) in [6.45, 7) is 1.20. The molecule has 0 bridgehead atoms. The standard InChI is InChI=1S/C17H17N3O4S2/c1-10(16(22)19(2)3)24-13(21)7-20-9-18-15-14(17(20)23)11(8-26-15)12-5-4-6-25-12/h4-6,8-10H,7H2,1-3H3/t10-/m0/s1. The molecule has 0 spiro atoms. The van der Waals surface area contributed by atoms with E-state index in [1.54, 1.807) is 14.1 Å². The molecule has 0 aliphatic rings. The van der Waals surface area contributed by atoms with Crippen molar-refractivity contribution in [2.45, 2.75) is 19.6 Å². The van der Waals surface area contributed by atoms with Gasteiger partial charge in [-0.25, -0.2) is 4.98 Å². The number of amides is 1. The van der Waals surface area contributed by atoms with Gasteiger partial charge in [0, 0.05) is 29.9 Å². The van der Waals surface area contributed by atoms with Crippen molar-refractivity contribution in [1.82, 2.24) is 14.5 Å². The quantitative estimate of drug-likeness (QED) is 0.623. The molecule has 0 unspecified atom stereocenters. The van der Waals surface area contributed by atoms with E-state index in [1.165, 1.54) is 45.4 Å². The molecule has 3 aromatic heterocycles. The van der Waals surface area contributed by atoms with Gasteiger partial charge in [0.1, 0.15) is 11.4 Å².